The molecule has 0 saturated carbocycles. The van der Waals surface area contributed by atoms with Gasteiger partial charge in [0.25, 0.3) is 0 Å². The summed E-state index contributed by atoms with van der Waals surface area (Å²) < 4.78 is 0. The Kier molecular flexibility index (Phi) is 7.72. The van der Waals surface area contributed by atoms with E-state index in [-0.39, 0.29) is 5.91 Å². The molecule has 6 heteroatoms. The number of unbranched alkanes of at least 4 members (excludes halogenated alkanes) is 1. The predicted molar refractivity (Wildman–Crippen MR) is 59.9 cm³/mol. The molecule has 0 rings (SSSR count). The summed E-state index contributed by atoms with van der Waals surface area (Å²) in [6.45, 7) is 2.25. The zero-order valence-electron chi connectivity index (χ0n) is 8.38. The molecule has 2 radical (unpaired) electrons. The molecule has 0 saturated heterocycles. The lowest BCUT2D eigenvalue weighted by Gasteiger charge is -2.14. The molecule has 0 fully saturated rings. The van der Waals surface area contributed by atoms with Gasteiger partial charge in [-0.15, -0.1) is 0 Å². The van der Waals surface area contributed by atoms with Crippen LogP contribution in [0.15, 0.2) is 0 Å². The van der Waals surface area contributed by atoms with Gasteiger partial charge in [0.15, 0.2) is 7.85 Å². The topological polar surface area (TPSA) is 58.2 Å². The minimum atomic E-state index is -0.531. The standard InChI is InChI=1S/C8H16BN2O2P/c1-6(12)11-7(8(9)13)4-2-3-5-10-14/h7,10H,2-5,14H2,1H3,(H,11,12). The van der Waals surface area contributed by atoms with Crippen LogP contribution in [0, 0.1) is 0 Å². The second kappa shape index (κ2) is 7.95. The molecule has 0 aliphatic heterocycles. The molecule has 4 nitrogen and oxygen atoms in total. The molecule has 2 atom stereocenters. The third-order valence-corrected chi connectivity index (χ3v) is 2.07. The fourth-order valence-electron chi connectivity index (χ4n) is 1.11. The Balaban J connectivity index is 3.74. The Bertz CT molecular complexity index is 202. The van der Waals surface area contributed by atoms with Crippen molar-refractivity contribution in [1.29, 1.82) is 0 Å². The summed E-state index contributed by atoms with van der Waals surface area (Å²) in [5.74, 6) is -0.224. The molecule has 0 aliphatic rings. The molecular formula is C8H16BN2O2P. The van der Waals surface area contributed by atoms with E-state index < -0.39 is 11.7 Å². The highest BCUT2D eigenvalue weighted by molar-refractivity contribution is 7.13. The normalized spacial score (nSPS) is 12.1. The van der Waals surface area contributed by atoms with E-state index in [1.165, 1.54) is 6.92 Å². The average Bonchev–Trinajstić information content (AvgIpc) is 2.09. The van der Waals surface area contributed by atoms with Gasteiger partial charge in [0.05, 0.1) is 11.7 Å². The van der Waals surface area contributed by atoms with E-state index >= 15 is 0 Å². The molecular weight excluding hydrogens is 198 g/mol. The van der Waals surface area contributed by atoms with E-state index in [4.69, 9.17) is 7.85 Å². The lowest BCUT2D eigenvalue weighted by molar-refractivity contribution is -0.123. The van der Waals surface area contributed by atoms with Crippen molar-refractivity contribution < 1.29 is 9.59 Å². The van der Waals surface area contributed by atoms with Gasteiger partial charge < -0.3 is 15.2 Å². The van der Waals surface area contributed by atoms with Crippen LogP contribution in [0.1, 0.15) is 26.2 Å². The van der Waals surface area contributed by atoms with Crippen LogP contribution in [0.5, 0.6) is 0 Å². The van der Waals surface area contributed by atoms with Crippen molar-refractivity contribution >= 4 is 28.8 Å². The van der Waals surface area contributed by atoms with Crippen molar-refractivity contribution in [3.05, 3.63) is 0 Å². The number of carbonyl (C=O) groups is 2. The van der Waals surface area contributed by atoms with E-state index in [2.05, 4.69) is 19.8 Å². The molecule has 2 N–H and O–H groups in total. The third-order valence-electron chi connectivity index (χ3n) is 1.78. The Hall–Kier alpha value is -0.405. The van der Waals surface area contributed by atoms with Gasteiger partial charge in [-0.1, -0.05) is 9.39 Å². The SMILES string of the molecule is [B]C(=O)C(CCCCNP)NC(C)=O. The minimum Gasteiger partial charge on any atom is -0.348 e. The first-order valence-corrected chi connectivity index (χ1v) is 5.15. The number of hydrogen-bond donors (Lipinski definition) is 2. The summed E-state index contributed by atoms with van der Waals surface area (Å²) in [5.41, 5.74) is -0.473. The maximum atomic E-state index is 10.9. The molecule has 0 aliphatic carbocycles. The quantitative estimate of drug-likeness (QED) is 0.348. The van der Waals surface area contributed by atoms with Crippen molar-refractivity contribution in [1.82, 2.24) is 10.4 Å². The lowest BCUT2D eigenvalue weighted by Crippen LogP contribution is -2.39. The van der Waals surface area contributed by atoms with Gasteiger partial charge in [0, 0.05) is 6.92 Å². The van der Waals surface area contributed by atoms with Gasteiger partial charge in [-0.2, -0.15) is 0 Å². The van der Waals surface area contributed by atoms with Crippen molar-refractivity contribution in [2.75, 3.05) is 6.54 Å². The van der Waals surface area contributed by atoms with Gasteiger partial charge in [0.2, 0.25) is 5.91 Å². The zero-order chi connectivity index (χ0) is 11.0. The molecule has 0 bridgehead atoms. The number of nitrogens with one attached hydrogen (secondary N) is 2. The Morgan fingerprint density at radius 2 is 2.07 bits per heavy atom. The van der Waals surface area contributed by atoms with Crippen LogP contribution in [0.4, 0.5) is 0 Å². The summed E-state index contributed by atoms with van der Waals surface area (Å²) in [4.78, 5) is 21.6. The number of hydrogen-bond acceptors (Lipinski definition) is 3. The maximum Gasteiger partial charge on any atom is 0.217 e. The van der Waals surface area contributed by atoms with Crippen LogP contribution < -0.4 is 10.4 Å². The maximum absolute atomic E-state index is 10.9. The van der Waals surface area contributed by atoms with Gasteiger partial charge in [0.1, 0.15) is 0 Å². The van der Waals surface area contributed by atoms with E-state index in [1.54, 1.807) is 0 Å². The summed E-state index contributed by atoms with van der Waals surface area (Å²) in [7, 11) is 7.53. The van der Waals surface area contributed by atoms with E-state index in [9.17, 15) is 9.59 Å². The molecule has 0 spiro atoms. The van der Waals surface area contributed by atoms with E-state index in [1.807, 2.05) is 0 Å². The van der Waals surface area contributed by atoms with Gasteiger partial charge in [-0.05, 0) is 25.8 Å². The van der Waals surface area contributed by atoms with E-state index in [0.29, 0.717) is 6.42 Å². The van der Waals surface area contributed by atoms with Crippen LogP contribution >= 0.6 is 9.39 Å². The zero-order valence-corrected chi connectivity index (χ0v) is 9.53. The summed E-state index contributed by atoms with van der Waals surface area (Å²) in [5, 5.41) is 5.44. The second-order valence-corrected chi connectivity index (χ2v) is 3.51. The average molecular weight is 214 g/mol. The predicted octanol–water partition coefficient (Wildman–Crippen LogP) is -0.264. The summed E-state index contributed by atoms with van der Waals surface area (Å²) >= 11 is 0. The number of amides is 1. The van der Waals surface area contributed by atoms with Crippen molar-refractivity contribution in [2.24, 2.45) is 0 Å². The van der Waals surface area contributed by atoms with Crippen molar-refractivity contribution in [3.8, 4) is 0 Å². The van der Waals surface area contributed by atoms with Crippen LogP contribution in [0.3, 0.4) is 0 Å². The monoisotopic (exact) mass is 214 g/mol. The highest BCUT2D eigenvalue weighted by atomic mass is 31.0. The largest absolute Gasteiger partial charge is 0.348 e. The molecule has 0 aromatic heterocycles. The van der Waals surface area contributed by atoms with Gasteiger partial charge in [-0.25, -0.2) is 0 Å². The molecule has 78 valence electrons. The molecule has 0 heterocycles. The minimum absolute atomic E-state index is 0.224. The molecule has 0 aromatic carbocycles. The smallest absolute Gasteiger partial charge is 0.217 e. The molecule has 2 unspecified atom stereocenters. The first kappa shape index (κ1) is 13.6. The Morgan fingerprint density at radius 3 is 2.50 bits per heavy atom. The summed E-state index contributed by atoms with van der Waals surface area (Å²) in [6, 6.07) is -0.531. The van der Waals surface area contributed by atoms with Gasteiger partial charge >= 0.3 is 0 Å². The molecule has 0 aromatic rings. The number of carbonyl (C=O) groups excluding carboxylic acids is 2. The van der Waals surface area contributed by atoms with Crippen molar-refractivity contribution in [2.45, 2.75) is 32.2 Å². The third kappa shape index (κ3) is 7.04. The van der Waals surface area contributed by atoms with Gasteiger partial charge in [-0.3, -0.25) is 4.79 Å². The lowest BCUT2D eigenvalue weighted by atomic mass is 9.91. The Labute approximate surface area is 88.3 Å². The first-order valence-electron chi connectivity index (χ1n) is 4.57. The fourth-order valence-corrected chi connectivity index (χ4v) is 1.31. The first-order chi connectivity index (χ1) is 6.57. The van der Waals surface area contributed by atoms with Crippen LogP contribution in [-0.4, -0.2) is 32.0 Å². The fraction of sp³-hybridized carbons (Fsp3) is 0.750. The Morgan fingerprint density at radius 1 is 1.43 bits per heavy atom. The second-order valence-electron chi connectivity index (χ2n) is 3.11. The van der Waals surface area contributed by atoms with Crippen molar-refractivity contribution in [3.63, 3.8) is 0 Å². The van der Waals surface area contributed by atoms with Crippen LogP contribution in [0.25, 0.3) is 0 Å². The highest BCUT2D eigenvalue weighted by Gasteiger charge is 2.13. The van der Waals surface area contributed by atoms with Crippen LogP contribution in [-0.2, 0) is 9.59 Å². The van der Waals surface area contributed by atoms with E-state index in [0.717, 1.165) is 19.4 Å². The highest BCUT2D eigenvalue weighted by Crippen LogP contribution is 2.01. The molecule has 14 heavy (non-hydrogen) atoms. The molecule has 1 amide bonds. The summed E-state index contributed by atoms with van der Waals surface area (Å²) in [6.07, 6.45) is 2.41. The van der Waals surface area contributed by atoms with Crippen LogP contribution in [0.2, 0.25) is 0 Å². The number of rotatable bonds is 7.